The summed E-state index contributed by atoms with van der Waals surface area (Å²) in [5, 5.41) is 4.75. The molecule has 7 heteroatoms. The normalized spacial score (nSPS) is 15.2. The minimum absolute atomic E-state index is 0.280. The van der Waals surface area contributed by atoms with E-state index in [1.807, 2.05) is 74.4 Å². The molecule has 0 bridgehead atoms. The third-order valence-electron chi connectivity index (χ3n) is 5.24. The first-order chi connectivity index (χ1) is 14.8. The molecule has 0 radical (unpaired) electrons. The van der Waals surface area contributed by atoms with Crippen molar-refractivity contribution in [3.05, 3.63) is 93.5 Å². The lowest BCUT2D eigenvalue weighted by Gasteiger charge is -2.38. The van der Waals surface area contributed by atoms with E-state index in [0.717, 1.165) is 27.0 Å². The second-order valence-corrected chi connectivity index (χ2v) is 8.62. The second-order valence-electron chi connectivity index (χ2n) is 7.70. The van der Waals surface area contributed by atoms with Crippen LogP contribution >= 0.6 is 15.9 Å². The van der Waals surface area contributed by atoms with Crippen LogP contribution in [0.1, 0.15) is 38.0 Å². The maximum Gasteiger partial charge on any atom is 0.276 e. The minimum Gasteiger partial charge on any atom is -0.378 e. The first kappa shape index (κ1) is 20.9. The van der Waals surface area contributed by atoms with Crippen molar-refractivity contribution in [1.29, 1.82) is 0 Å². The first-order valence-electron chi connectivity index (χ1n) is 9.88. The van der Waals surface area contributed by atoms with E-state index in [2.05, 4.69) is 26.7 Å². The SMILES string of the molecule is Cc1ccc(C(=O)NN2C(=O)c3cc(Br)ccc3NC2c2ccc(N(C)C)cc2)cc1. The van der Waals surface area contributed by atoms with Crippen LogP contribution in [0.3, 0.4) is 0 Å². The molecule has 2 N–H and O–H groups in total. The Kier molecular flexibility index (Phi) is 5.69. The van der Waals surface area contributed by atoms with Gasteiger partial charge in [0.05, 0.1) is 5.56 Å². The molecule has 1 aliphatic heterocycles. The number of rotatable bonds is 4. The van der Waals surface area contributed by atoms with Crippen LogP contribution in [0.15, 0.2) is 71.2 Å². The second kappa shape index (κ2) is 8.43. The van der Waals surface area contributed by atoms with Crippen LogP contribution in [0.4, 0.5) is 11.4 Å². The van der Waals surface area contributed by atoms with Gasteiger partial charge in [0.25, 0.3) is 11.8 Å². The van der Waals surface area contributed by atoms with Gasteiger partial charge in [-0.15, -0.1) is 0 Å². The van der Waals surface area contributed by atoms with Gasteiger partial charge in [-0.05, 0) is 55.0 Å². The Hall–Kier alpha value is -3.32. The van der Waals surface area contributed by atoms with E-state index >= 15 is 0 Å². The third kappa shape index (κ3) is 4.27. The van der Waals surface area contributed by atoms with Crippen molar-refractivity contribution in [2.75, 3.05) is 24.3 Å². The molecule has 1 unspecified atom stereocenters. The Morgan fingerprint density at radius 1 is 1.03 bits per heavy atom. The summed E-state index contributed by atoms with van der Waals surface area (Å²) in [6.45, 7) is 1.96. The number of hydrogen-bond donors (Lipinski definition) is 2. The fourth-order valence-electron chi connectivity index (χ4n) is 3.46. The number of carbonyl (C=O) groups excluding carboxylic acids is 2. The molecule has 3 aromatic rings. The highest BCUT2D eigenvalue weighted by molar-refractivity contribution is 9.10. The molecule has 0 fully saturated rings. The summed E-state index contributed by atoms with van der Waals surface area (Å²) in [7, 11) is 3.94. The van der Waals surface area contributed by atoms with Crippen molar-refractivity contribution in [3.8, 4) is 0 Å². The first-order valence-corrected chi connectivity index (χ1v) is 10.7. The lowest BCUT2D eigenvalue weighted by molar-refractivity contribution is 0.0491. The quantitative estimate of drug-likeness (QED) is 0.568. The Labute approximate surface area is 190 Å². The molecule has 158 valence electrons. The number of nitrogens with one attached hydrogen (secondary N) is 2. The van der Waals surface area contributed by atoms with Crippen LogP contribution in [0, 0.1) is 6.92 Å². The summed E-state index contributed by atoms with van der Waals surface area (Å²) >= 11 is 3.42. The highest BCUT2D eigenvalue weighted by atomic mass is 79.9. The van der Waals surface area contributed by atoms with E-state index in [9.17, 15) is 9.59 Å². The summed E-state index contributed by atoms with van der Waals surface area (Å²) in [5.74, 6) is -0.624. The fraction of sp³-hybridized carbons (Fsp3) is 0.167. The number of halogens is 1. The molecule has 6 nitrogen and oxygen atoms in total. The minimum atomic E-state index is -0.549. The summed E-state index contributed by atoms with van der Waals surface area (Å²) in [5.41, 5.74) is 7.46. The van der Waals surface area contributed by atoms with Gasteiger partial charge in [-0.2, -0.15) is 0 Å². The lowest BCUT2D eigenvalue weighted by Crippen LogP contribution is -2.52. The van der Waals surface area contributed by atoms with Crippen molar-refractivity contribution in [2.45, 2.75) is 13.1 Å². The van der Waals surface area contributed by atoms with Gasteiger partial charge < -0.3 is 10.2 Å². The number of fused-ring (bicyclic) bond motifs is 1. The van der Waals surface area contributed by atoms with E-state index in [1.54, 1.807) is 18.2 Å². The number of benzene rings is 3. The number of hydrazine groups is 1. The molecule has 0 saturated carbocycles. The molecule has 0 spiro atoms. The van der Waals surface area contributed by atoms with E-state index < -0.39 is 6.17 Å². The van der Waals surface area contributed by atoms with Gasteiger partial charge in [0.1, 0.15) is 6.17 Å². The number of anilines is 2. The largest absolute Gasteiger partial charge is 0.378 e. The molecule has 0 aromatic heterocycles. The molecule has 1 atom stereocenters. The summed E-state index contributed by atoms with van der Waals surface area (Å²) in [6.07, 6.45) is -0.549. The van der Waals surface area contributed by atoms with E-state index in [0.29, 0.717) is 11.1 Å². The highest BCUT2D eigenvalue weighted by Crippen LogP contribution is 2.34. The Morgan fingerprint density at radius 3 is 2.35 bits per heavy atom. The molecule has 0 aliphatic carbocycles. The molecule has 3 aromatic carbocycles. The maximum absolute atomic E-state index is 13.4. The number of hydrogen-bond acceptors (Lipinski definition) is 4. The van der Waals surface area contributed by atoms with Crippen molar-refractivity contribution in [3.63, 3.8) is 0 Å². The van der Waals surface area contributed by atoms with E-state index in [1.165, 1.54) is 5.01 Å². The summed E-state index contributed by atoms with van der Waals surface area (Å²) in [6, 6.07) is 20.6. The van der Waals surface area contributed by atoms with Crippen LogP contribution in [0.2, 0.25) is 0 Å². The van der Waals surface area contributed by atoms with Gasteiger partial charge in [-0.25, -0.2) is 5.01 Å². The molecular formula is C24H23BrN4O2. The zero-order chi connectivity index (χ0) is 22.1. The summed E-state index contributed by atoms with van der Waals surface area (Å²) in [4.78, 5) is 28.3. The smallest absolute Gasteiger partial charge is 0.276 e. The molecule has 0 saturated heterocycles. The predicted molar refractivity (Wildman–Crippen MR) is 126 cm³/mol. The van der Waals surface area contributed by atoms with Gasteiger partial charge in [-0.1, -0.05) is 45.8 Å². The monoisotopic (exact) mass is 478 g/mol. The topological polar surface area (TPSA) is 64.7 Å². The van der Waals surface area contributed by atoms with Gasteiger partial charge >= 0.3 is 0 Å². The molecule has 2 amide bonds. The van der Waals surface area contributed by atoms with Crippen LogP contribution in [-0.2, 0) is 0 Å². The summed E-state index contributed by atoms with van der Waals surface area (Å²) < 4.78 is 0.792. The van der Waals surface area contributed by atoms with Crippen molar-refractivity contribution < 1.29 is 9.59 Å². The molecule has 31 heavy (non-hydrogen) atoms. The zero-order valence-electron chi connectivity index (χ0n) is 17.5. The van der Waals surface area contributed by atoms with Crippen LogP contribution in [0.25, 0.3) is 0 Å². The van der Waals surface area contributed by atoms with E-state index in [4.69, 9.17) is 0 Å². The van der Waals surface area contributed by atoms with Crippen LogP contribution in [-0.4, -0.2) is 30.9 Å². The Bertz CT molecular complexity index is 1130. The Balaban J connectivity index is 1.71. The van der Waals surface area contributed by atoms with Crippen molar-refractivity contribution in [1.82, 2.24) is 10.4 Å². The zero-order valence-corrected chi connectivity index (χ0v) is 19.1. The maximum atomic E-state index is 13.4. The van der Waals surface area contributed by atoms with Crippen molar-refractivity contribution in [2.24, 2.45) is 0 Å². The van der Waals surface area contributed by atoms with E-state index in [-0.39, 0.29) is 11.8 Å². The van der Waals surface area contributed by atoms with Crippen molar-refractivity contribution >= 4 is 39.1 Å². The number of nitrogens with zero attached hydrogens (tertiary/aromatic N) is 2. The third-order valence-corrected chi connectivity index (χ3v) is 5.74. The highest BCUT2D eigenvalue weighted by Gasteiger charge is 2.34. The fourth-order valence-corrected chi connectivity index (χ4v) is 3.82. The van der Waals surface area contributed by atoms with Gasteiger partial charge in [0, 0.05) is 35.5 Å². The van der Waals surface area contributed by atoms with Gasteiger partial charge in [-0.3, -0.25) is 15.0 Å². The van der Waals surface area contributed by atoms with Gasteiger partial charge in [0.2, 0.25) is 0 Å². The lowest BCUT2D eigenvalue weighted by atomic mass is 10.0. The molecule has 1 aliphatic rings. The average molecular weight is 479 g/mol. The van der Waals surface area contributed by atoms with Crippen LogP contribution < -0.4 is 15.6 Å². The molecule has 1 heterocycles. The average Bonchev–Trinajstić information content (AvgIpc) is 2.76. The van der Waals surface area contributed by atoms with Gasteiger partial charge in [0.15, 0.2) is 0 Å². The number of carbonyl (C=O) groups is 2. The Morgan fingerprint density at radius 2 is 1.71 bits per heavy atom. The number of amides is 2. The standard InChI is InChI=1S/C24H23BrN4O2/c1-15-4-6-17(7-5-15)23(30)27-29-22(16-8-11-19(12-9-16)28(2)3)26-21-13-10-18(25)14-20(21)24(29)31/h4-14,22,26H,1-3H3,(H,27,30). The van der Waals surface area contributed by atoms with Crippen LogP contribution in [0.5, 0.6) is 0 Å². The molecule has 4 rings (SSSR count). The molecular weight excluding hydrogens is 456 g/mol. The number of aryl methyl sites for hydroxylation is 1. The predicted octanol–water partition coefficient (Wildman–Crippen LogP) is 4.74.